The maximum atomic E-state index is 5.48. The fraction of sp³-hybridized carbons (Fsp3) is 0.800. The second-order valence-electron chi connectivity index (χ2n) is 4.50. The Morgan fingerprint density at radius 1 is 1.23 bits per heavy atom. The molecule has 0 N–H and O–H groups in total. The van der Waals surface area contributed by atoms with E-state index in [2.05, 4.69) is 39.8 Å². The van der Waals surface area contributed by atoms with Gasteiger partial charge in [0.1, 0.15) is 0 Å². The molecule has 13 heavy (non-hydrogen) atoms. The summed E-state index contributed by atoms with van der Waals surface area (Å²) in [7, 11) is -0.0671. The predicted molar refractivity (Wildman–Crippen MR) is 55.7 cm³/mol. The van der Waals surface area contributed by atoms with Gasteiger partial charge in [0.25, 0.3) is 0 Å². The van der Waals surface area contributed by atoms with Gasteiger partial charge in [-0.3, -0.25) is 0 Å². The first kappa shape index (κ1) is 10.8. The average molecular weight is 182 g/mol. The van der Waals surface area contributed by atoms with Crippen LogP contribution < -0.4 is 0 Å². The molecule has 1 rings (SSSR count). The van der Waals surface area contributed by atoms with Gasteiger partial charge in [0.2, 0.25) is 0 Å². The zero-order chi connectivity index (χ0) is 9.90. The van der Waals surface area contributed by atoms with Gasteiger partial charge in [-0.15, -0.1) is 0 Å². The van der Waals surface area contributed by atoms with Gasteiger partial charge in [-0.2, -0.15) is 0 Å². The highest BCUT2D eigenvalue weighted by atomic mass is 16.6. The standard InChI is InChI=1S/C10H19BO2/c1-9(2)5-6-10(3,4)11-12-7-8-13-11/h5-6,9H,7-8H2,1-4H3/b6-5+. The quantitative estimate of drug-likeness (QED) is 0.493. The largest absolute Gasteiger partial charge is 0.467 e. The van der Waals surface area contributed by atoms with Crippen LogP contribution in [0.5, 0.6) is 0 Å². The lowest BCUT2D eigenvalue weighted by Gasteiger charge is -2.22. The topological polar surface area (TPSA) is 18.5 Å². The maximum absolute atomic E-state index is 5.48. The van der Waals surface area contributed by atoms with Crippen LogP contribution in [0.4, 0.5) is 0 Å². The van der Waals surface area contributed by atoms with Crippen molar-refractivity contribution in [3.8, 4) is 0 Å². The highest BCUT2D eigenvalue weighted by Crippen LogP contribution is 2.33. The summed E-state index contributed by atoms with van der Waals surface area (Å²) in [6, 6.07) is 0. The van der Waals surface area contributed by atoms with Gasteiger partial charge in [-0.25, -0.2) is 0 Å². The molecule has 0 radical (unpaired) electrons. The zero-order valence-corrected chi connectivity index (χ0v) is 9.04. The van der Waals surface area contributed by atoms with Crippen LogP contribution >= 0.6 is 0 Å². The maximum Gasteiger partial charge on any atom is 0.467 e. The Labute approximate surface area is 81.4 Å². The molecule has 0 bridgehead atoms. The van der Waals surface area contributed by atoms with E-state index in [1.54, 1.807) is 0 Å². The van der Waals surface area contributed by atoms with E-state index in [1.165, 1.54) is 0 Å². The Morgan fingerprint density at radius 3 is 2.23 bits per heavy atom. The Bertz CT molecular complexity index is 181. The molecular formula is C10H19BO2. The Kier molecular flexibility index (Phi) is 3.57. The molecule has 3 heteroatoms. The fourth-order valence-corrected chi connectivity index (χ4v) is 1.31. The van der Waals surface area contributed by atoms with E-state index in [4.69, 9.17) is 9.31 Å². The van der Waals surface area contributed by atoms with Gasteiger partial charge in [-0.05, 0) is 5.92 Å². The zero-order valence-electron chi connectivity index (χ0n) is 9.04. The summed E-state index contributed by atoms with van der Waals surface area (Å²) in [5, 5.41) is -0.0131. The van der Waals surface area contributed by atoms with Crippen molar-refractivity contribution in [2.75, 3.05) is 13.2 Å². The molecule has 0 atom stereocenters. The minimum atomic E-state index is -0.0671. The summed E-state index contributed by atoms with van der Waals surface area (Å²) in [5.41, 5.74) is 0. The summed E-state index contributed by atoms with van der Waals surface area (Å²) in [5.74, 6) is 0.584. The number of hydrogen-bond donors (Lipinski definition) is 0. The molecule has 1 aliphatic heterocycles. The van der Waals surface area contributed by atoms with Crippen LogP contribution in [-0.2, 0) is 9.31 Å². The molecule has 0 aromatic heterocycles. The molecular weight excluding hydrogens is 163 g/mol. The second kappa shape index (κ2) is 4.29. The van der Waals surface area contributed by atoms with Gasteiger partial charge < -0.3 is 9.31 Å². The Morgan fingerprint density at radius 2 is 1.77 bits per heavy atom. The monoisotopic (exact) mass is 182 g/mol. The van der Waals surface area contributed by atoms with Gasteiger partial charge in [0, 0.05) is 5.31 Å². The van der Waals surface area contributed by atoms with Gasteiger partial charge in [0.15, 0.2) is 0 Å². The Hall–Kier alpha value is -0.275. The minimum absolute atomic E-state index is 0.0131. The Balaban J connectivity index is 2.53. The molecule has 1 fully saturated rings. The van der Waals surface area contributed by atoms with Crippen LogP contribution in [0.25, 0.3) is 0 Å². The van der Waals surface area contributed by atoms with Crippen molar-refractivity contribution >= 4 is 7.12 Å². The molecule has 0 unspecified atom stereocenters. The molecule has 0 spiro atoms. The van der Waals surface area contributed by atoms with Gasteiger partial charge in [0.05, 0.1) is 13.2 Å². The highest BCUT2D eigenvalue weighted by Gasteiger charge is 2.38. The molecule has 0 aromatic rings. The SMILES string of the molecule is CC(C)/C=C/C(C)(C)B1OCCO1. The van der Waals surface area contributed by atoms with E-state index in [9.17, 15) is 0 Å². The van der Waals surface area contributed by atoms with Gasteiger partial charge >= 0.3 is 7.12 Å². The summed E-state index contributed by atoms with van der Waals surface area (Å²) in [4.78, 5) is 0. The third-order valence-corrected chi connectivity index (χ3v) is 2.14. The molecule has 0 aliphatic carbocycles. The van der Waals surface area contributed by atoms with Crippen LogP contribution in [0.3, 0.4) is 0 Å². The second-order valence-corrected chi connectivity index (χ2v) is 4.50. The lowest BCUT2D eigenvalue weighted by molar-refractivity contribution is 0.346. The minimum Gasteiger partial charge on any atom is -0.408 e. The van der Waals surface area contributed by atoms with E-state index in [1.807, 2.05) is 0 Å². The third kappa shape index (κ3) is 3.16. The number of allylic oxidation sites excluding steroid dienone is 2. The lowest BCUT2D eigenvalue weighted by Crippen LogP contribution is -2.28. The summed E-state index contributed by atoms with van der Waals surface area (Å²) < 4.78 is 11.0. The molecule has 1 saturated heterocycles. The first-order chi connectivity index (χ1) is 6.02. The highest BCUT2D eigenvalue weighted by molar-refractivity contribution is 6.49. The van der Waals surface area contributed by atoms with Gasteiger partial charge in [-0.1, -0.05) is 39.8 Å². The van der Waals surface area contributed by atoms with E-state index < -0.39 is 0 Å². The van der Waals surface area contributed by atoms with Crippen molar-refractivity contribution in [3.63, 3.8) is 0 Å². The normalized spacial score (nSPS) is 19.3. The molecule has 0 saturated carbocycles. The van der Waals surface area contributed by atoms with E-state index in [-0.39, 0.29) is 12.4 Å². The molecule has 1 heterocycles. The van der Waals surface area contributed by atoms with Crippen LogP contribution in [0, 0.1) is 5.92 Å². The number of rotatable bonds is 3. The lowest BCUT2D eigenvalue weighted by atomic mass is 9.60. The predicted octanol–water partition coefficient (Wildman–Crippen LogP) is 2.51. The summed E-state index contributed by atoms with van der Waals surface area (Å²) >= 11 is 0. The van der Waals surface area contributed by atoms with Crippen molar-refractivity contribution in [3.05, 3.63) is 12.2 Å². The molecule has 74 valence electrons. The fourth-order valence-electron chi connectivity index (χ4n) is 1.31. The molecule has 2 nitrogen and oxygen atoms in total. The van der Waals surface area contributed by atoms with Crippen molar-refractivity contribution < 1.29 is 9.31 Å². The van der Waals surface area contributed by atoms with Crippen molar-refractivity contribution in [1.29, 1.82) is 0 Å². The molecule has 0 amide bonds. The van der Waals surface area contributed by atoms with Crippen LogP contribution in [0.1, 0.15) is 27.7 Å². The number of hydrogen-bond acceptors (Lipinski definition) is 2. The van der Waals surface area contributed by atoms with E-state index >= 15 is 0 Å². The van der Waals surface area contributed by atoms with Crippen LogP contribution in [-0.4, -0.2) is 20.3 Å². The van der Waals surface area contributed by atoms with Crippen molar-refractivity contribution in [2.24, 2.45) is 5.92 Å². The smallest absolute Gasteiger partial charge is 0.408 e. The first-order valence-electron chi connectivity index (χ1n) is 4.95. The van der Waals surface area contributed by atoms with E-state index in [0.29, 0.717) is 5.92 Å². The van der Waals surface area contributed by atoms with Crippen molar-refractivity contribution in [1.82, 2.24) is 0 Å². The van der Waals surface area contributed by atoms with Crippen LogP contribution in [0.15, 0.2) is 12.2 Å². The average Bonchev–Trinajstić information content (AvgIpc) is 2.53. The first-order valence-corrected chi connectivity index (χ1v) is 4.95. The van der Waals surface area contributed by atoms with Crippen LogP contribution in [0.2, 0.25) is 5.31 Å². The van der Waals surface area contributed by atoms with Crippen molar-refractivity contribution in [2.45, 2.75) is 33.0 Å². The third-order valence-electron chi connectivity index (χ3n) is 2.14. The molecule has 1 aliphatic rings. The molecule has 0 aromatic carbocycles. The summed E-state index contributed by atoms with van der Waals surface area (Å²) in [6.45, 7) is 10.1. The summed E-state index contributed by atoms with van der Waals surface area (Å²) in [6.07, 6.45) is 4.39. The van der Waals surface area contributed by atoms with E-state index in [0.717, 1.165) is 13.2 Å².